The number of ether oxygens (including phenoxy) is 1. The van der Waals surface area contributed by atoms with E-state index in [4.69, 9.17) is 27.9 Å². The van der Waals surface area contributed by atoms with Gasteiger partial charge in [-0.15, -0.1) is 0 Å². The Morgan fingerprint density at radius 2 is 1.90 bits per heavy atom. The van der Waals surface area contributed by atoms with Crippen molar-refractivity contribution in [3.8, 4) is 17.1 Å². The standard InChI is InChI=1S/C20H12Cl2N4O4/c21-11-3-1-4-12(9-11)23-20(27)30-13-7-8-15-16(10-13)25-19(24-15)18-14(22)5-2-6-17(18)26(28)29/h1-10H,(H,23,27)(H,24,25). The Balaban J connectivity index is 1.61. The molecule has 30 heavy (non-hydrogen) atoms. The van der Waals surface area contributed by atoms with Crippen molar-refractivity contribution in [1.29, 1.82) is 0 Å². The zero-order chi connectivity index (χ0) is 21.3. The molecule has 0 aliphatic rings. The number of carbonyl (C=O) groups excluding carboxylic acids is 1. The zero-order valence-electron chi connectivity index (χ0n) is 15.1. The summed E-state index contributed by atoms with van der Waals surface area (Å²) in [5, 5.41) is 14.6. The van der Waals surface area contributed by atoms with E-state index in [0.29, 0.717) is 21.7 Å². The van der Waals surface area contributed by atoms with Crippen molar-refractivity contribution in [2.75, 3.05) is 5.32 Å². The van der Waals surface area contributed by atoms with Crippen LogP contribution in [0.1, 0.15) is 0 Å². The zero-order valence-corrected chi connectivity index (χ0v) is 16.6. The van der Waals surface area contributed by atoms with E-state index in [-0.39, 0.29) is 27.8 Å². The molecule has 3 aromatic carbocycles. The highest BCUT2D eigenvalue weighted by Gasteiger charge is 2.21. The van der Waals surface area contributed by atoms with Gasteiger partial charge in [0.15, 0.2) is 0 Å². The van der Waals surface area contributed by atoms with Crippen LogP contribution in [-0.4, -0.2) is 21.0 Å². The van der Waals surface area contributed by atoms with Crippen LogP contribution in [0.5, 0.6) is 5.75 Å². The average Bonchev–Trinajstić information content (AvgIpc) is 3.10. The summed E-state index contributed by atoms with van der Waals surface area (Å²) in [4.78, 5) is 30.3. The van der Waals surface area contributed by atoms with Crippen molar-refractivity contribution >= 4 is 51.7 Å². The van der Waals surface area contributed by atoms with Crippen LogP contribution in [0.25, 0.3) is 22.4 Å². The fourth-order valence-corrected chi connectivity index (χ4v) is 3.34. The van der Waals surface area contributed by atoms with E-state index in [1.165, 1.54) is 12.1 Å². The topological polar surface area (TPSA) is 110 Å². The van der Waals surface area contributed by atoms with Crippen molar-refractivity contribution in [2.45, 2.75) is 0 Å². The molecule has 1 heterocycles. The number of carbonyl (C=O) groups is 1. The Morgan fingerprint density at radius 3 is 2.67 bits per heavy atom. The lowest BCUT2D eigenvalue weighted by molar-refractivity contribution is -0.384. The summed E-state index contributed by atoms with van der Waals surface area (Å²) in [7, 11) is 0. The molecular weight excluding hydrogens is 431 g/mol. The highest BCUT2D eigenvalue weighted by molar-refractivity contribution is 6.33. The number of aromatic amines is 1. The Bertz CT molecular complexity index is 1290. The lowest BCUT2D eigenvalue weighted by atomic mass is 10.1. The van der Waals surface area contributed by atoms with E-state index in [1.54, 1.807) is 48.5 Å². The molecule has 8 nitrogen and oxygen atoms in total. The summed E-state index contributed by atoms with van der Waals surface area (Å²) in [5.41, 5.74) is 1.55. The second-order valence-electron chi connectivity index (χ2n) is 6.18. The molecule has 4 rings (SSSR count). The Hall–Kier alpha value is -3.62. The minimum atomic E-state index is -0.696. The van der Waals surface area contributed by atoms with Gasteiger partial charge in [-0.1, -0.05) is 35.3 Å². The van der Waals surface area contributed by atoms with Gasteiger partial charge in [0.05, 0.1) is 21.0 Å². The monoisotopic (exact) mass is 442 g/mol. The maximum atomic E-state index is 12.1. The molecule has 0 radical (unpaired) electrons. The number of nitro benzene ring substituents is 1. The fraction of sp³-hybridized carbons (Fsp3) is 0. The molecule has 0 bridgehead atoms. The largest absolute Gasteiger partial charge is 0.417 e. The van der Waals surface area contributed by atoms with Crippen LogP contribution in [0.4, 0.5) is 16.2 Å². The van der Waals surface area contributed by atoms with Gasteiger partial charge in [-0.05, 0) is 36.4 Å². The summed E-state index contributed by atoms with van der Waals surface area (Å²) in [6, 6.07) is 15.8. The first kappa shape index (κ1) is 19.7. The summed E-state index contributed by atoms with van der Waals surface area (Å²) in [6.45, 7) is 0. The average molecular weight is 443 g/mol. The number of benzene rings is 3. The third-order valence-electron chi connectivity index (χ3n) is 4.16. The summed E-state index contributed by atoms with van der Waals surface area (Å²) in [5.74, 6) is 0.494. The van der Waals surface area contributed by atoms with Gasteiger partial charge in [0.2, 0.25) is 0 Å². The minimum absolute atomic E-state index is 0.168. The first-order valence-corrected chi connectivity index (χ1v) is 9.34. The predicted molar refractivity (Wildman–Crippen MR) is 114 cm³/mol. The second kappa shape index (κ2) is 8.02. The first-order valence-electron chi connectivity index (χ1n) is 8.58. The molecule has 150 valence electrons. The predicted octanol–water partition coefficient (Wildman–Crippen LogP) is 6.06. The molecule has 0 saturated carbocycles. The molecule has 0 aliphatic heterocycles. The molecule has 0 atom stereocenters. The Labute approximate surface area is 179 Å². The van der Waals surface area contributed by atoms with E-state index in [1.807, 2.05) is 0 Å². The number of amides is 1. The number of H-pyrrole nitrogens is 1. The van der Waals surface area contributed by atoms with Crippen molar-refractivity contribution in [2.24, 2.45) is 0 Å². The van der Waals surface area contributed by atoms with Gasteiger partial charge in [-0.3, -0.25) is 15.4 Å². The summed E-state index contributed by atoms with van der Waals surface area (Å²) in [6.07, 6.45) is -0.696. The number of nitrogens with zero attached hydrogens (tertiary/aromatic N) is 2. The number of hydrogen-bond acceptors (Lipinski definition) is 5. The lowest BCUT2D eigenvalue weighted by Gasteiger charge is -2.06. The maximum Gasteiger partial charge on any atom is 0.417 e. The number of fused-ring (bicyclic) bond motifs is 1. The molecule has 1 amide bonds. The molecule has 2 N–H and O–H groups in total. The van der Waals surface area contributed by atoms with Gasteiger partial charge in [0.1, 0.15) is 17.1 Å². The molecule has 4 aromatic rings. The smallest absolute Gasteiger partial charge is 0.410 e. The lowest BCUT2D eigenvalue weighted by Crippen LogP contribution is -2.16. The summed E-state index contributed by atoms with van der Waals surface area (Å²) >= 11 is 12.1. The van der Waals surface area contributed by atoms with E-state index >= 15 is 0 Å². The van der Waals surface area contributed by atoms with Crippen molar-refractivity contribution in [3.63, 3.8) is 0 Å². The second-order valence-corrected chi connectivity index (χ2v) is 7.02. The van der Waals surface area contributed by atoms with Crippen LogP contribution in [0.3, 0.4) is 0 Å². The highest BCUT2D eigenvalue weighted by atomic mass is 35.5. The van der Waals surface area contributed by atoms with E-state index in [0.717, 1.165) is 0 Å². The number of hydrogen-bond donors (Lipinski definition) is 2. The van der Waals surface area contributed by atoms with Crippen LogP contribution in [0.2, 0.25) is 10.0 Å². The number of nitrogens with one attached hydrogen (secondary N) is 2. The van der Waals surface area contributed by atoms with Crippen LogP contribution in [0.15, 0.2) is 60.7 Å². The number of anilines is 1. The molecule has 0 fully saturated rings. The molecule has 0 unspecified atom stereocenters. The van der Waals surface area contributed by atoms with Crippen molar-refractivity contribution in [3.05, 3.63) is 80.8 Å². The molecule has 1 aromatic heterocycles. The van der Waals surface area contributed by atoms with E-state index in [9.17, 15) is 14.9 Å². The van der Waals surface area contributed by atoms with Gasteiger partial charge in [0, 0.05) is 22.8 Å². The van der Waals surface area contributed by atoms with Crippen molar-refractivity contribution < 1.29 is 14.5 Å². The maximum absolute atomic E-state index is 12.1. The molecule has 0 spiro atoms. The van der Waals surface area contributed by atoms with Crippen LogP contribution in [-0.2, 0) is 0 Å². The number of rotatable bonds is 4. The molecule has 10 heteroatoms. The highest BCUT2D eigenvalue weighted by Crippen LogP contribution is 2.35. The number of aromatic nitrogens is 2. The van der Waals surface area contributed by atoms with Gasteiger partial charge in [-0.2, -0.15) is 0 Å². The minimum Gasteiger partial charge on any atom is -0.410 e. The van der Waals surface area contributed by atoms with Crippen LogP contribution < -0.4 is 10.1 Å². The van der Waals surface area contributed by atoms with E-state index < -0.39 is 11.0 Å². The quantitative estimate of drug-likeness (QED) is 0.295. The SMILES string of the molecule is O=C(Nc1cccc(Cl)c1)Oc1ccc2nc(-c3c(Cl)cccc3[N+](=O)[O-])[nH]c2c1. The van der Waals surface area contributed by atoms with Crippen LogP contribution >= 0.6 is 23.2 Å². The van der Waals surface area contributed by atoms with Gasteiger partial charge < -0.3 is 9.72 Å². The molecule has 0 aliphatic carbocycles. The molecule has 0 saturated heterocycles. The normalized spacial score (nSPS) is 10.7. The van der Waals surface area contributed by atoms with Crippen molar-refractivity contribution in [1.82, 2.24) is 9.97 Å². The van der Waals surface area contributed by atoms with E-state index in [2.05, 4.69) is 15.3 Å². The Morgan fingerprint density at radius 1 is 1.10 bits per heavy atom. The summed E-state index contributed by atoms with van der Waals surface area (Å²) < 4.78 is 5.29. The Kier molecular flexibility index (Phi) is 5.26. The van der Waals surface area contributed by atoms with Gasteiger partial charge >= 0.3 is 6.09 Å². The van der Waals surface area contributed by atoms with Gasteiger partial charge in [-0.25, -0.2) is 9.78 Å². The number of nitro groups is 1. The first-order chi connectivity index (χ1) is 14.4. The third kappa shape index (κ3) is 4.05. The molecular formula is C20H12Cl2N4O4. The van der Waals surface area contributed by atoms with Gasteiger partial charge in [0.25, 0.3) is 5.69 Å². The number of halogens is 2. The fourth-order valence-electron chi connectivity index (χ4n) is 2.89. The third-order valence-corrected chi connectivity index (χ3v) is 4.71. The number of imidazole rings is 1. The van der Waals surface area contributed by atoms with Crippen LogP contribution in [0, 0.1) is 10.1 Å².